The van der Waals surface area contributed by atoms with Crippen LogP contribution in [0.4, 0.5) is 0 Å². The summed E-state index contributed by atoms with van der Waals surface area (Å²) in [4.78, 5) is 22.9. The highest BCUT2D eigenvalue weighted by atomic mass is 16.5. The third-order valence-corrected chi connectivity index (χ3v) is 3.59. The Morgan fingerprint density at radius 2 is 2.17 bits per heavy atom. The molecule has 0 spiro atoms. The Balaban J connectivity index is 1.81. The number of carboxylic acids is 1. The van der Waals surface area contributed by atoms with E-state index < -0.39 is 12.1 Å². The fourth-order valence-corrected chi connectivity index (χ4v) is 2.57. The van der Waals surface area contributed by atoms with E-state index in [2.05, 4.69) is 10.6 Å². The third kappa shape index (κ3) is 3.43. The molecular weight excluding hydrogens is 236 g/mol. The maximum absolute atomic E-state index is 11.9. The fraction of sp³-hybridized carbons (Fsp3) is 0.833. The molecular formula is C12H20N2O4. The Hall–Kier alpha value is -1.14. The summed E-state index contributed by atoms with van der Waals surface area (Å²) in [6, 6.07) is -0.0297. The predicted molar refractivity (Wildman–Crippen MR) is 64.1 cm³/mol. The molecule has 3 N–H and O–H groups in total. The van der Waals surface area contributed by atoms with Crippen molar-refractivity contribution < 1.29 is 19.4 Å². The molecule has 1 amide bonds. The normalized spacial score (nSPS) is 32.8. The number of rotatable bonds is 3. The Morgan fingerprint density at radius 1 is 1.33 bits per heavy atom. The lowest BCUT2D eigenvalue weighted by atomic mass is 9.85. The second kappa shape index (κ2) is 6.15. The Labute approximate surface area is 106 Å². The molecule has 0 aromatic rings. The van der Waals surface area contributed by atoms with Crippen LogP contribution in [0, 0.1) is 5.92 Å². The van der Waals surface area contributed by atoms with Crippen LogP contribution in [-0.4, -0.2) is 48.8 Å². The van der Waals surface area contributed by atoms with Crippen LogP contribution in [0.25, 0.3) is 0 Å². The molecule has 3 unspecified atom stereocenters. The number of carbonyl (C=O) groups is 2. The highest BCUT2D eigenvalue weighted by Gasteiger charge is 2.30. The Kier molecular flexibility index (Phi) is 4.54. The lowest BCUT2D eigenvalue weighted by Gasteiger charge is -2.30. The highest BCUT2D eigenvalue weighted by molar-refractivity contribution is 5.81. The average Bonchev–Trinajstić information content (AvgIpc) is 2.40. The van der Waals surface area contributed by atoms with Crippen molar-refractivity contribution in [3.63, 3.8) is 0 Å². The van der Waals surface area contributed by atoms with Gasteiger partial charge in [-0.25, -0.2) is 0 Å². The van der Waals surface area contributed by atoms with E-state index in [1.165, 1.54) is 0 Å². The average molecular weight is 256 g/mol. The van der Waals surface area contributed by atoms with Crippen LogP contribution in [0.15, 0.2) is 0 Å². The Morgan fingerprint density at radius 3 is 2.83 bits per heavy atom. The van der Waals surface area contributed by atoms with Crippen molar-refractivity contribution in [3.05, 3.63) is 0 Å². The fourth-order valence-electron chi connectivity index (χ4n) is 2.57. The molecule has 0 radical (unpaired) electrons. The van der Waals surface area contributed by atoms with Crippen LogP contribution in [0.2, 0.25) is 0 Å². The molecule has 102 valence electrons. The summed E-state index contributed by atoms with van der Waals surface area (Å²) < 4.78 is 5.36. The first-order chi connectivity index (χ1) is 8.66. The van der Waals surface area contributed by atoms with E-state index in [1.54, 1.807) is 0 Å². The highest BCUT2D eigenvalue weighted by Crippen LogP contribution is 2.24. The molecule has 0 bridgehead atoms. The molecule has 1 aliphatic heterocycles. The van der Waals surface area contributed by atoms with Crippen LogP contribution < -0.4 is 10.6 Å². The van der Waals surface area contributed by atoms with Crippen molar-refractivity contribution in [1.82, 2.24) is 10.6 Å². The molecule has 6 heteroatoms. The van der Waals surface area contributed by atoms with Crippen molar-refractivity contribution >= 4 is 11.9 Å². The SMILES string of the molecule is O=C(O)C1CCCC(NC(=O)C2CNCCO2)C1. The second-order valence-corrected chi connectivity index (χ2v) is 4.97. The minimum absolute atomic E-state index is 0.0297. The quantitative estimate of drug-likeness (QED) is 0.647. The van der Waals surface area contributed by atoms with Gasteiger partial charge < -0.3 is 20.5 Å². The van der Waals surface area contributed by atoms with Gasteiger partial charge in [-0.2, -0.15) is 0 Å². The van der Waals surface area contributed by atoms with Crippen LogP contribution in [0.5, 0.6) is 0 Å². The topological polar surface area (TPSA) is 87.7 Å². The zero-order chi connectivity index (χ0) is 13.0. The first kappa shape index (κ1) is 13.3. The van der Waals surface area contributed by atoms with Crippen molar-refractivity contribution in [1.29, 1.82) is 0 Å². The minimum Gasteiger partial charge on any atom is -0.481 e. The van der Waals surface area contributed by atoms with Crippen molar-refractivity contribution in [2.45, 2.75) is 37.8 Å². The van der Waals surface area contributed by atoms with Crippen molar-refractivity contribution in [2.75, 3.05) is 19.7 Å². The maximum Gasteiger partial charge on any atom is 0.306 e. The van der Waals surface area contributed by atoms with Gasteiger partial charge in [0.1, 0.15) is 6.10 Å². The van der Waals surface area contributed by atoms with Gasteiger partial charge >= 0.3 is 5.97 Å². The summed E-state index contributed by atoms with van der Waals surface area (Å²) in [6.45, 7) is 1.84. The Bertz CT molecular complexity index is 315. The molecule has 6 nitrogen and oxygen atoms in total. The zero-order valence-electron chi connectivity index (χ0n) is 10.4. The summed E-state index contributed by atoms with van der Waals surface area (Å²) in [5, 5.41) is 15.0. The number of hydrogen-bond donors (Lipinski definition) is 3. The molecule has 2 fully saturated rings. The van der Waals surface area contributed by atoms with Gasteiger partial charge in [0, 0.05) is 19.1 Å². The lowest BCUT2D eigenvalue weighted by molar-refractivity contribution is -0.144. The maximum atomic E-state index is 11.9. The van der Waals surface area contributed by atoms with Crippen LogP contribution in [0.3, 0.4) is 0 Å². The van der Waals surface area contributed by atoms with Crippen LogP contribution in [0.1, 0.15) is 25.7 Å². The van der Waals surface area contributed by atoms with Gasteiger partial charge in [-0.05, 0) is 19.3 Å². The monoisotopic (exact) mass is 256 g/mol. The van der Waals surface area contributed by atoms with Gasteiger partial charge in [0.15, 0.2) is 0 Å². The van der Waals surface area contributed by atoms with E-state index in [9.17, 15) is 9.59 Å². The van der Waals surface area contributed by atoms with Crippen LogP contribution >= 0.6 is 0 Å². The molecule has 18 heavy (non-hydrogen) atoms. The van der Waals surface area contributed by atoms with Crippen LogP contribution in [-0.2, 0) is 14.3 Å². The molecule has 1 aliphatic carbocycles. The van der Waals surface area contributed by atoms with E-state index in [0.717, 1.165) is 19.4 Å². The summed E-state index contributed by atoms with van der Waals surface area (Å²) in [5.41, 5.74) is 0. The molecule has 2 aliphatic rings. The zero-order valence-corrected chi connectivity index (χ0v) is 10.4. The lowest BCUT2D eigenvalue weighted by Crippen LogP contribution is -2.51. The number of ether oxygens (including phenoxy) is 1. The number of morpholine rings is 1. The van der Waals surface area contributed by atoms with Gasteiger partial charge in [-0.3, -0.25) is 9.59 Å². The number of aliphatic carboxylic acids is 1. The molecule has 0 aromatic carbocycles. The summed E-state index contributed by atoms with van der Waals surface area (Å²) in [5.74, 6) is -1.21. The van der Waals surface area contributed by atoms with E-state index >= 15 is 0 Å². The standard InChI is InChI=1S/C12H20N2O4/c15-11(10-7-13-4-5-18-10)14-9-3-1-2-8(6-9)12(16)17/h8-10,13H,1-7H2,(H,14,15)(H,16,17). The number of amides is 1. The number of hydrogen-bond acceptors (Lipinski definition) is 4. The third-order valence-electron chi connectivity index (χ3n) is 3.59. The second-order valence-electron chi connectivity index (χ2n) is 4.97. The number of nitrogens with one attached hydrogen (secondary N) is 2. The summed E-state index contributed by atoms with van der Waals surface area (Å²) in [7, 11) is 0. The van der Waals surface area contributed by atoms with Gasteiger partial charge in [0.2, 0.25) is 0 Å². The number of carboxylic acid groups (broad SMARTS) is 1. The molecule has 3 atom stereocenters. The first-order valence-electron chi connectivity index (χ1n) is 6.52. The van der Waals surface area contributed by atoms with E-state index in [4.69, 9.17) is 9.84 Å². The first-order valence-corrected chi connectivity index (χ1v) is 6.52. The molecule has 2 rings (SSSR count). The molecule has 1 saturated carbocycles. The van der Waals surface area contributed by atoms with Crippen molar-refractivity contribution in [2.24, 2.45) is 5.92 Å². The van der Waals surface area contributed by atoms with Gasteiger partial charge in [0.25, 0.3) is 5.91 Å². The van der Waals surface area contributed by atoms with Gasteiger partial charge in [-0.1, -0.05) is 6.42 Å². The molecule has 1 saturated heterocycles. The predicted octanol–water partition coefficient (Wildman–Crippen LogP) is -0.266. The minimum atomic E-state index is -0.760. The number of carbonyl (C=O) groups excluding carboxylic acids is 1. The molecule has 1 heterocycles. The van der Waals surface area contributed by atoms with Crippen molar-refractivity contribution in [3.8, 4) is 0 Å². The van der Waals surface area contributed by atoms with E-state index in [-0.39, 0.29) is 17.9 Å². The van der Waals surface area contributed by atoms with Gasteiger partial charge in [-0.15, -0.1) is 0 Å². The summed E-state index contributed by atoms with van der Waals surface area (Å²) >= 11 is 0. The van der Waals surface area contributed by atoms with Gasteiger partial charge in [0.05, 0.1) is 12.5 Å². The molecule has 0 aromatic heterocycles. The van der Waals surface area contributed by atoms with E-state index in [0.29, 0.717) is 26.0 Å². The largest absolute Gasteiger partial charge is 0.481 e. The summed E-state index contributed by atoms with van der Waals surface area (Å²) in [6.07, 6.45) is 2.51. The van der Waals surface area contributed by atoms with E-state index in [1.807, 2.05) is 0 Å². The smallest absolute Gasteiger partial charge is 0.306 e.